The van der Waals surface area contributed by atoms with Gasteiger partial charge in [0.15, 0.2) is 5.75 Å². The van der Waals surface area contributed by atoms with Crippen LogP contribution in [0.25, 0.3) is 0 Å². The predicted molar refractivity (Wildman–Crippen MR) is 80.7 cm³/mol. The molecule has 1 amide bonds. The normalized spacial score (nSPS) is 16.4. The molecule has 0 atom stereocenters. The number of rotatable bonds is 5. The van der Waals surface area contributed by atoms with Crippen LogP contribution in [0.5, 0.6) is 5.75 Å². The minimum absolute atomic E-state index is 0.0495. The van der Waals surface area contributed by atoms with Crippen molar-refractivity contribution >= 4 is 37.2 Å². The van der Waals surface area contributed by atoms with Gasteiger partial charge in [-0.3, -0.25) is 4.79 Å². The quantitative estimate of drug-likeness (QED) is 0.827. The minimum atomic E-state index is -4.07. The number of benzene rings is 1. The van der Waals surface area contributed by atoms with E-state index in [-0.39, 0.29) is 26.6 Å². The summed E-state index contributed by atoms with van der Waals surface area (Å²) in [5.41, 5.74) is 0.177. The van der Waals surface area contributed by atoms with Crippen molar-refractivity contribution in [1.29, 1.82) is 0 Å². The van der Waals surface area contributed by atoms with E-state index in [0.29, 0.717) is 6.54 Å². The molecule has 0 aromatic heterocycles. The maximum absolute atomic E-state index is 12.2. The number of hydrogen-bond acceptors (Lipinski definition) is 4. The molecule has 0 saturated heterocycles. The highest BCUT2D eigenvalue weighted by Gasteiger charge is 2.37. The van der Waals surface area contributed by atoms with Gasteiger partial charge in [-0.05, 0) is 30.4 Å². The Bertz CT molecular complexity index is 684. The highest BCUT2D eigenvalue weighted by molar-refractivity contribution is 8.13. The van der Waals surface area contributed by atoms with Crippen LogP contribution in [0.2, 0.25) is 5.02 Å². The van der Waals surface area contributed by atoms with Crippen LogP contribution < -0.4 is 10.1 Å². The fourth-order valence-electron chi connectivity index (χ4n) is 1.91. The highest BCUT2D eigenvalue weighted by Crippen LogP contribution is 2.44. The van der Waals surface area contributed by atoms with Gasteiger partial charge < -0.3 is 10.1 Å². The van der Waals surface area contributed by atoms with Gasteiger partial charge in [0.25, 0.3) is 15.0 Å². The van der Waals surface area contributed by atoms with Crippen molar-refractivity contribution in [2.75, 3.05) is 13.7 Å². The van der Waals surface area contributed by atoms with Crippen LogP contribution in [-0.4, -0.2) is 28.0 Å². The number of hydrogen-bond donors (Lipinski definition) is 1. The first-order chi connectivity index (χ1) is 9.66. The summed E-state index contributed by atoms with van der Waals surface area (Å²) in [7, 11) is 2.55. The first-order valence-electron chi connectivity index (χ1n) is 6.27. The molecule has 8 heteroatoms. The van der Waals surface area contributed by atoms with Gasteiger partial charge in [-0.15, -0.1) is 0 Å². The van der Waals surface area contributed by atoms with E-state index >= 15 is 0 Å². The monoisotopic (exact) mass is 351 g/mol. The molecule has 0 aliphatic heterocycles. The SMILES string of the molecule is COc1c(C(=O)NCC2(C)CC2)cc(Cl)cc1S(=O)(=O)Cl. The van der Waals surface area contributed by atoms with Gasteiger partial charge in [0.05, 0.1) is 12.7 Å². The van der Waals surface area contributed by atoms with Gasteiger partial charge in [0, 0.05) is 22.2 Å². The summed E-state index contributed by atoms with van der Waals surface area (Å²) in [5.74, 6) is -0.545. The van der Waals surface area contributed by atoms with Crippen LogP contribution in [0.4, 0.5) is 0 Å². The van der Waals surface area contributed by atoms with Gasteiger partial charge in [-0.25, -0.2) is 8.42 Å². The minimum Gasteiger partial charge on any atom is -0.494 e. The first-order valence-corrected chi connectivity index (χ1v) is 8.95. The van der Waals surface area contributed by atoms with E-state index in [1.165, 1.54) is 13.2 Å². The molecule has 1 N–H and O–H groups in total. The Morgan fingerprint density at radius 3 is 2.52 bits per heavy atom. The lowest BCUT2D eigenvalue weighted by Crippen LogP contribution is -2.29. The average molecular weight is 352 g/mol. The van der Waals surface area contributed by atoms with Crippen LogP contribution in [0.1, 0.15) is 30.1 Å². The molecule has 1 aromatic carbocycles. The van der Waals surface area contributed by atoms with Gasteiger partial charge in [0.1, 0.15) is 4.90 Å². The molecule has 0 bridgehead atoms. The summed E-state index contributed by atoms with van der Waals surface area (Å²) >= 11 is 5.87. The van der Waals surface area contributed by atoms with E-state index in [1.807, 2.05) is 0 Å². The fourth-order valence-corrected chi connectivity index (χ4v) is 3.22. The number of amides is 1. The van der Waals surface area contributed by atoms with E-state index in [0.717, 1.165) is 18.9 Å². The summed E-state index contributed by atoms with van der Waals surface area (Å²) in [4.78, 5) is 11.9. The average Bonchev–Trinajstić information content (AvgIpc) is 3.12. The summed E-state index contributed by atoms with van der Waals surface area (Å²) in [6.45, 7) is 2.58. The van der Waals surface area contributed by atoms with Crippen LogP contribution in [-0.2, 0) is 9.05 Å². The van der Waals surface area contributed by atoms with E-state index < -0.39 is 15.0 Å². The summed E-state index contributed by atoms with van der Waals surface area (Å²) in [6, 6.07) is 2.51. The van der Waals surface area contributed by atoms with Crippen molar-refractivity contribution in [2.24, 2.45) is 5.41 Å². The van der Waals surface area contributed by atoms with E-state index in [2.05, 4.69) is 12.2 Å². The first kappa shape index (κ1) is 16.4. The maximum atomic E-state index is 12.2. The van der Waals surface area contributed by atoms with Gasteiger partial charge >= 0.3 is 0 Å². The molecule has 116 valence electrons. The molecule has 1 aliphatic carbocycles. The largest absolute Gasteiger partial charge is 0.494 e. The molecule has 2 rings (SSSR count). The topological polar surface area (TPSA) is 72.5 Å². The van der Waals surface area contributed by atoms with Crippen LogP contribution >= 0.6 is 22.3 Å². The lowest BCUT2D eigenvalue weighted by Gasteiger charge is -2.14. The van der Waals surface area contributed by atoms with Gasteiger partial charge in [-0.1, -0.05) is 18.5 Å². The smallest absolute Gasteiger partial charge is 0.265 e. The molecule has 1 saturated carbocycles. The second kappa shape index (κ2) is 5.66. The van der Waals surface area contributed by atoms with E-state index in [1.54, 1.807) is 0 Å². The number of carbonyl (C=O) groups excluding carboxylic acids is 1. The molecule has 0 spiro atoms. The van der Waals surface area contributed by atoms with Crippen molar-refractivity contribution in [3.05, 3.63) is 22.7 Å². The van der Waals surface area contributed by atoms with Crippen molar-refractivity contribution in [2.45, 2.75) is 24.7 Å². The molecule has 0 heterocycles. The Morgan fingerprint density at radius 1 is 1.43 bits per heavy atom. The van der Waals surface area contributed by atoms with Gasteiger partial charge in [-0.2, -0.15) is 0 Å². The number of ether oxygens (including phenoxy) is 1. The predicted octanol–water partition coefficient (Wildman–Crippen LogP) is 2.81. The second-order valence-corrected chi connectivity index (χ2v) is 8.39. The Labute approximate surface area is 133 Å². The van der Waals surface area contributed by atoms with Gasteiger partial charge in [0.2, 0.25) is 0 Å². The molecule has 1 aromatic rings. The maximum Gasteiger partial charge on any atom is 0.265 e. The molecule has 1 fully saturated rings. The molecule has 0 radical (unpaired) electrons. The highest BCUT2D eigenvalue weighted by atomic mass is 35.7. The van der Waals surface area contributed by atoms with Crippen LogP contribution in [0, 0.1) is 5.41 Å². The molecule has 0 unspecified atom stereocenters. The second-order valence-electron chi connectivity index (χ2n) is 5.42. The molecule has 5 nitrogen and oxygen atoms in total. The molecule has 1 aliphatic rings. The lowest BCUT2D eigenvalue weighted by molar-refractivity contribution is 0.0942. The summed E-state index contributed by atoms with van der Waals surface area (Å²) in [5, 5.41) is 2.86. The standard InChI is InChI=1S/C13H15Cl2NO4S/c1-13(3-4-13)7-16-12(17)9-5-8(14)6-10(11(9)20-2)21(15,18)19/h5-6H,3-4,7H2,1-2H3,(H,16,17). The zero-order valence-electron chi connectivity index (χ0n) is 11.6. The molecular weight excluding hydrogens is 337 g/mol. The Hall–Kier alpha value is -0.980. The number of nitrogens with one attached hydrogen (secondary N) is 1. The Balaban J connectivity index is 2.37. The third-order valence-electron chi connectivity index (χ3n) is 3.51. The van der Waals surface area contributed by atoms with Crippen molar-refractivity contribution in [3.8, 4) is 5.75 Å². The van der Waals surface area contributed by atoms with E-state index in [4.69, 9.17) is 27.0 Å². The summed E-state index contributed by atoms with van der Waals surface area (Å²) in [6.07, 6.45) is 2.11. The third-order valence-corrected chi connectivity index (χ3v) is 5.06. The van der Waals surface area contributed by atoms with Crippen molar-refractivity contribution in [3.63, 3.8) is 0 Å². The number of carbonyl (C=O) groups is 1. The lowest BCUT2D eigenvalue weighted by atomic mass is 10.1. The number of methoxy groups -OCH3 is 1. The Morgan fingerprint density at radius 2 is 2.05 bits per heavy atom. The number of halogens is 2. The van der Waals surface area contributed by atoms with Crippen LogP contribution in [0.3, 0.4) is 0 Å². The van der Waals surface area contributed by atoms with Crippen molar-refractivity contribution in [1.82, 2.24) is 5.32 Å². The van der Waals surface area contributed by atoms with E-state index in [9.17, 15) is 13.2 Å². The molecular formula is C13H15Cl2NO4S. The Kier molecular flexibility index (Phi) is 4.42. The van der Waals surface area contributed by atoms with Crippen LogP contribution in [0.15, 0.2) is 17.0 Å². The summed E-state index contributed by atoms with van der Waals surface area (Å²) < 4.78 is 28.2. The zero-order chi connectivity index (χ0) is 15.8. The fraction of sp³-hybridized carbons (Fsp3) is 0.462. The molecule has 21 heavy (non-hydrogen) atoms. The van der Waals surface area contributed by atoms with Crippen molar-refractivity contribution < 1.29 is 17.9 Å². The zero-order valence-corrected chi connectivity index (χ0v) is 13.9. The third kappa shape index (κ3) is 3.81.